The van der Waals surface area contributed by atoms with Crippen molar-refractivity contribution >= 4 is 33.2 Å². The maximum atomic E-state index is 13.2. The lowest BCUT2D eigenvalue weighted by Gasteiger charge is -2.12. The highest BCUT2D eigenvalue weighted by molar-refractivity contribution is 7.17. The monoisotopic (exact) mass is 374 g/mol. The van der Waals surface area contributed by atoms with Crippen molar-refractivity contribution in [3.8, 4) is 11.1 Å². The van der Waals surface area contributed by atoms with Crippen molar-refractivity contribution in [2.24, 2.45) is 0 Å². The number of hydrogen-bond acceptors (Lipinski definition) is 4. The third-order valence-electron chi connectivity index (χ3n) is 4.13. The molecule has 0 radical (unpaired) electrons. The Hall–Kier alpha value is -2.11. The Balaban J connectivity index is 2.25. The number of fused-ring (bicyclic) bond motifs is 1. The molecule has 2 aromatic heterocycles. The van der Waals surface area contributed by atoms with E-state index in [4.69, 9.17) is 11.6 Å². The summed E-state index contributed by atoms with van der Waals surface area (Å²) in [5, 5.41) is 13.3. The maximum Gasteiger partial charge on any atom is 0.263 e. The molecule has 0 bridgehead atoms. The average molecular weight is 375 g/mol. The molecule has 0 aliphatic rings. The van der Waals surface area contributed by atoms with Gasteiger partial charge in [-0.3, -0.25) is 9.36 Å². The van der Waals surface area contributed by atoms with Crippen LogP contribution in [0, 0.1) is 0 Å². The molecule has 1 N–H and O–H groups in total. The molecule has 130 valence electrons. The molecule has 6 heteroatoms. The predicted molar refractivity (Wildman–Crippen MR) is 105 cm³/mol. The van der Waals surface area contributed by atoms with E-state index in [1.54, 1.807) is 4.57 Å². The molecule has 2 heterocycles. The van der Waals surface area contributed by atoms with Crippen LogP contribution in [0.2, 0.25) is 5.02 Å². The first-order chi connectivity index (χ1) is 11.9. The van der Waals surface area contributed by atoms with Gasteiger partial charge in [0.05, 0.1) is 11.9 Å². The average Bonchev–Trinajstić information content (AvgIpc) is 3.01. The molecular weight excluding hydrogens is 356 g/mol. The minimum absolute atomic E-state index is 0.124. The van der Waals surface area contributed by atoms with Gasteiger partial charge >= 0.3 is 0 Å². The zero-order valence-corrected chi connectivity index (χ0v) is 15.9. The third-order valence-corrected chi connectivity index (χ3v) is 5.25. The smallest absolute Gasteiger partial charge is 0.263 e. The summed E-state index contributed by atoms with van der Waals surface area (Å²) in [7, 11) is 0. The van der Waals surface area contributed by atoms with Crippen LogP contribution in [0.1, 0.15) is 26.6 Å². The van der Waals surface area contributed by atoms with Crippen LogP contribution in [0.3, 0.4) is 0 Å². The second kappa shape index (κ2) is 7.02. The fraction of sp³-hybridized carbons (Fsp3) is 0.263. The standard InChI is InChI=1S/C19H19ClN2O2S/c1-4-16-21-18-17(19(24)22(16)9-15(23)11(2)3)14(10-25-18)12-5-7-13(20)8-6-12/h5-8,10,23H,4,9H2,1-3H3. The number of benzene rings is 1. The van der Waals surface area contributed by atoms with E-state index < -0.39 is 0 Å². The van der Waals surface area contributed by atoms with Crippen LogP contribution in [-0.2, 0) is 13.0 Å². The van der Waals surface area contributed by atoms with Crippen molar-refractivity contribution in [2.75, 3.05) is 0 Å². The van der Waals surface area contributed by atoms with Crippen molar-refractivity contribution in [2.45, 2.75) is 33.7 Å². The molecular formula is C19H19ClN2O2S. The Morgan fingerprint density at radius 2 is 1.96 bits per heavy atom. The van der Waals surface area contributed by atoms with Gasteiger partial charge in [-0.05, 0) is 37.1 Å². The number of aliphatic hydroxyl groups excluding tert-OH is 1. The number of aryl methyl sites for hydroxylation is 1. The lowest BCUT2D eigenvalue weighted by atomic mass is 10.1. The first-order valence-electron chi connectivity index (χ1n) is 8.04. The van der Waals surface area contributed by atoms with E-state index in [0.29, 0.717) is 22.7 Å². The lowest BCUT2D eigenvalue weighted by molar-refractivity contribution is 0.363. The molecule has 4 nitrogen and oxygen atoms in total. The quantitative estimate of drug-likeness (QED) is 0.639. The van der Waals surface area contributed by atoms with E-state index in [1.165, 1.54) is 11.3 Å². The van der Waals surface area contributed by atoms with Gasteiger partial charge in [-0.2, -0.15) is 0 Å². The number of rotatable bonds is 4. The van der Waals surface area contributed by atoms with Crippen LogP contribution in [0.5, 0.6) is 0 Å². The van der Waals surface area contributed by atoms with E-state index in [2.05, 4.69) is 4.98 Å². The number of thiophene rings is 1. The van der Waals surface area contributed by atoms with Crippen LogP contribution in [-0.4, -0.2) is 14.7 Å². The first-order valence-corrected chi connectivity index (χ1v) is 9.30. The van der Waals surface area contributed by atoms with Crippen LogP contribution in [0.4, 0.5) is 0 Å². The second-order valence-corrected chi connectivity index (χ2v) is 7.35. The summed E-state index contributed by atoms with van der Waals surface area (Å²) in [5.41, 5.74) is 2.44. The van der Waals surface area contributed by atoms with Gasteiger partial charge in [0.2, 0.25) is 0 Å². The highest BCUT2D eigenvalue weighted by Gasteiger charge is 2.17. The topological polar surface area (TPSA) is 55.1 Å². The van der Waals surface area contributed by atoms with Crippen molar-refractivity contribution in [1.82, 2.24) is 9.55 Å². The van der Waals surface area contributed by atoms with Crippen LogP contribution in [0.15, 0.2) is 45.8 Å². The SMILES string of the molecule is CCc1nc2scc(-c3ccc(Cl)cc3)c2c(=O)n1CC(O)=C(C)C. The lowest BCUT2D eigenvalue weighted by Crippen LogP contribution is -2.26. The van der Waals surface area contributed by atoms with Crippen LogP contribution >= 0.6 is 22.9 Å². The predicted octanol–water partition coefficient (Wildman–Crippen LogP) is 5.19. The fourth-order valence-corrected chi connectivity index (χ4v) is 3.73. The van der Waals surface area contributed by atoms with Crippen LogP contribution in [0.25, 0.3) is 21.3 Å². The summed E-state index contributed by atoms with van der Waals surface area (Å²) in [6, 6.07) is 7.41. The molecule has 25 heavy (non-hydrogen) atoms. The number of allylic oxidation sites excluding steroid dienone is 2. The summed E-state index contributed by atoms with van der Waals surface area (Å²) in [4.78, 5) is 18.5. The largest absolute Gasteiger partial charge is 0.510 e. The Morgan fingerprint density at radius 3 is 2.56 bits per heavy atom. The van der Waals surface area contributed by atoms with Crippen molar-refractivity contribution in [1.29, 1.82) is 0 Å². The van der Waals surface area contributed by atoms with E-state index in [-0.39, 0.29) is 17.9 Å². The van der Waals surface area contributed by atoms with Gasteiger partial charge in [-0.15, -0.1) is 11.3 Å². The number of aromatic nitrogens is 2. The van der Waals surface area contributed by atoms with Crippen molar-refractivity contribution in [3.05, 3.63) is 62.2 Å². The molecule has 0 saturated heterocycles. The minimum atomic E-state index is -0.124. The number of aliphatic hydroxyl groups is 1. The number of halogens is 1. The van der Waals surface area contributed by atoms with E-state index in [9.17, 15) is 9.90 Å². The molecule has 0 saturated carbocycles. The molecule has 0 atom stereocenters. The Bertz CT molecular complexity index is 1010. The molecule has 0 amide bonds. The Morgan fingerprint density at radius 1 is 1.28 bits per heavy atom. The summed E-state index contributed by atoms with van der Waals surface area (Å²) in [6.07, 6.45) is 0.620. The van der Waals surface area contributed by atoms with Crippen LogP contribution < -0.4 is 5.56 Å². The van der Waals surface area contributed by atoms with E-state index >= 15 is 0 Å². The van der Waals surface area contributed by atoms with Gasteiger partial charge in [0.25, 0.3) is 5.56 Å². The zero-order chi connectivity index (χ0) is 18.1. The Kier molecular flexibility index (Phi) is 4.97. The Labute approximate surface area is 155 Å². The molecule has 0 aliphatic heterocycles. The molecule has 0 unspecified atom stereocenters. The zero-order valence-electron chi connectivity index (χ0n) is 14.3. The highest BCUT2D eigenvalue weighted by Crippen LogP contribution is 2.31. The summed E-state index contributed by atoms with van der Waals surface area (Å²) in [6.45, 7) is 5.74. The molecule has 3 rings (SSSR count). The fourth-order valence-electron chi connectivity index (χ4n) is 2.65. The van der Waals surface area contributed by atoms with Crippen molar-refractivity contribution in [3.63, 3.8) is 0 Å². The maximum absolute atomic E-state index is 13.2. The normalized spacial score (nSPS) is 11.0. The van der Waals surface area contributed by atoms with E-state index in [1.807, 2.05) is 50.4 Å². The van der Waals surface area contributed by atoms with Crippen molar-refractivity contribution < 1.29 is 5.11 Å². The number of hydrogen-bond donors (Lipinski definition) is 1. The molecule has 0 fully saturated rings. The van der Waals surface area contributed by atoms with E-state index in [0.717, 1.165) is 21.5 Å². The molecule has 0 aliphatic carbocycles. The van der Waals surface area contributed by atoms with Gasteiger partial charge in [0.15, 0.2) is 0 Å². The molecule has 0 spiro atoms. The summed E-state index contributed by atoms with van der Waals surface area (Å²) < 4.78 is 1.57. The third kappa shape index (κ3) is 3.34. The summed E-state index contributed by atoms with van der Waals surface area (Å²) >= 11 is 7.42. The summed E-state index contributed by atoms with van der Waals surface area (Å²) in [5.74, 6) is 0.871. The van der Waals surface area contributed by atoms with Gasteiger partial charge in [0.1, 0.15) is 16.4 Å². The highest BCUT2D eigenvalue weighted by atomic mass is 35.5. The van der Waals surface area contributed by atoms with Gasteiger partial charge in [-0.25, -0.2) is 4.98 Å². The second-order valence-electron chi connectivity index (χ2n) is 6.06. The van der Waals surface area contributed by atoms with Gasteiger partial charge in [-0.1, -0.05) is 30.7 Å². The molecule has 1 aromatic carbocycles. The number of nitrogens with zero attached hydrogens (tertiary/aromatic N) is 2. The minimum Gasteiger partial charge on any atom is -0.510 e. The van der Waals surface area contributed by atoms with Gasteiger partial charge in [0, 0.05) is 22.4 Å². The molecule has 3 aromatic rings. The first kappa shape index (κ1) is 17.7. The van der Waals surface area contributed by atoms with Gasteiger partial charge < -0.3 is 5.11 Å².